The molecule has 0 N–H and O–H groups in total. The predicted octanol–water partition coefficient (Wildman–Crippen LogP) is 2.30. The Hall–Kier alpha value is -0.570. The Morgan fingerprint density at radius 3 is 2.70 bits per heavy atom. The van der Waals surface area contributed by atoms with Crippen LogP contribution in [0.3, 0.4) is 0 Å². The van der Waals surface area contributed by atoms with Crippen LogP contribution < -0.4 is 0 Å². The molecule has 2 nitrogen and oxygen atoms in total. The van der Waals surface area contributed by atoms with Crippen LogP contribution in [-0.4, -0.2) is 0 Å². The van der Waals surface area contributed by atoms with Gasteiger partial charge in [0.1, 0.15) is 0 Å². The smallest absolute Gasteiger partial charge is 0.193 e. The van der Waals surface area contributed by atoms with E-state index in [0.29, 0.717) is 5.02 Å². The predicted molar refractivity (Wildman–Crippen MR) is 36.4 cm³/mol. The van der Waals surface area contributed by atoms with Gasteiger partial charge in [-0.15, -0.1) is 0 Å². The Labute approximate surface area is 63.3 Å². The summed E-state index contributed by atoms with van der Waals surface area (Å²) in [6.07, 6.45) is -0.182. The van der Waals surface area contributed by atoms with E-state index >= 15 is 0 Å². The molecular formula is C7H5ClO2. The lowest BCUT2D eigenvalue weighted by Gasteiger charge is -1.91. The van der Waals surface area contributed by atoms with E-state index in [9.17, 15) is 0 Å². The summed E-state index contributed by atoms with van der Waals surface area (Å²) in [6, 6.07) is 7.40. The molecule has 1 fully saturated rings. The number of benzene rings is 1. The zero-order valence-electron chi connectivity index (χ0n) is 5.08. The first kappa shape index (κ1) is 6.16. The number of halogens is 1. The molecule has 0 amide bonds. The molecule has 1 aliphatic heterocycles. The molecule has 1 aromatic rings. The zero-order chi connectivity index (χ0) is 6.97. The molecule has 3 heteroatoms. The van der Waals surface area contributed by atoms with Crippen molar-refractivity contribution in [2.45, 2.75) is 6.29 Å². The maximum Gasteiger partial charge on any atom is 0.249 e. The van der Waals surface area contributed by atoms with E-state index in [1.807, 2.05) is 24.3 Å². The molecule has 0 saturated carbocycles. The van der Waals surface area contributed by atoms with Gasteiger partial charge in [-0.2, -0.15) is 9.78 Å². The lowest BCUT2D eigenvalue weighted by atomic mass is 10.2. The average molecular weight is 157 g/mol. The fourth-order valence-electron chi connectivity index (χ4n) is 0.792. The highest BCUT2D eigenvalue weighted by molar-refractivity contribution is 6.30. The molecule has 1 heterocycles. The van der Waals surface area contributed by atoms with Crippen molar-refractivity contribution in [3.8, 4) is 0 Å². The largest absolute Gasteiger partial charge is 0.249 e. The Bertz CT molecular complexity index is 245. The first-order valence-electron chi connectivity index (χ1n) is 2.94. The molecule has 52 valence electrons. The first-order chi connectivity index (χ1) is 4.86. The Kier molecular flexibility index (Phi) is 1.38. The first-order valence-corrected chi connectivity index (χ1v) is 3.32. The van der Waals surface area contributed by atoms with Gasteiger partial charge in [-0.25, -0.2) is 0 Å². The molecule has 0 radical (unpaired) electrons. The van der Waals surface area contributed by atoms with Gasteiger partial charge in [-0.05, 0) is 12.1 Å². The van der Waals surface area contributed by atoms with Crippen molar-refractivity contribution in [2.75, 3.05) is 0 Å². The normalized spacial score (nSPS) is 17.3. The van der Waals surface area contributed by atoms with Crippen LogP contribution in [0.15, 0.2) is 24.3 Å². The van der Waals surface area contributed by atoms with E-state index in [1.54, 1.807) is 0 Å². The molecule has 0 bridgehead atoms. The highest BCUT2D eigenvalue weighted by Gasteiger charge is 2.27. The lowest BCUT2D eigenvalue weighted by molar-refractivity contribution is 0.0850. The summed E-state index contributed by atoms with van der Waals surface area (Å²) in [6.45, 7) is 0. The van der Waals surface area contributed by atoms with Gasteiger partial charge in [0, 0.05) is 10.6 Å². The third kappa shape index (κ3) is 1.14. The Morgan fingerprint density at radius 2 is 2.10 bits per heavy atom. The Morgan fingerprint density at radius 1 is 1.30 bits per heavy atom. The van der Waals surface area contributed by atoms with Crippen LogP contribution in [0, 0.1) is 0 Å². The van der Waals surface area contributed by atoms with Crippen LogP contribution in [0.5, 0.6) is 0 Å². The van der Waals surface area contributed by atoms with Crippen molar-refractivity contribution in [2.24, 2.45) is 0 Å². The summed E-state index contributed by atoms with van der Waals surface area (Å²) in [7, 11) is 0. The summed E-state index contributed by atoms with van der Waals surface area (Å²) < 4.78 is 0. The summed E-state index contributed by atoms with van der Waals surface area (Å²) in [5.41, 5.74) is 0.965. The molecule has 2 rings (SSSR count). The number of rotatable bonds is 1. The summed E-state index contributed by atoms with van der Waals surface area (Å²) in [5.74, 6) is 0. The van der Waals surface area contributed by atoms with Crippen molar-refractivity contribution in [3.05, 3.63) is 34.9 Å². The second kappa shape index (κ2) is 2.23. The second-order valence-electron chi connectivity index (χ2n) is 2.08. The van der Waals surface area contributed by atoms with Gasteiger partial charge in [0.2, 0.25) is 6.29 Å². The number of hydrogen-bond acceptors (Lipinski definition) is 2. The SMILES string of the molecule is Clc1cccc(C2OO2)c1. The van der Waals surface area contributed by atoms with E-state index in [2.05, 4.69) is 9.78 Å². The van der Waals surface area contributed by atoms with Crippen molar-refractivity contribution in [1.82, 2.24) is 0 Å². The molecule has 10 heavy (non-hydrogen) atoms. The van der Waals surface area contributed by atoms with Crippen molar-refractivity contribution < 1.29 is 9.78 Å². The third-order valence-electron chi connectivity index (χ3n) is 1.31. The quantitative estimate of drug-likeness (QED) is 0.461. The molecule has 0 unspecified atom stereocenters. The van der Waals surface area contributed by atoms with Gasteiger partial charge in [-0.1, -0.05) is 23.7 Å². The molecule has 1 saturated heterocycles. The Balaban J connectivity index is 2.32. The minimum atomic E-state index is -0.182. The average Bonchev–Trinajstić information content (AvgIpc) is 2.68. The monoisotopic (exact) mass is 156 g/mol. The van der Waals surface area contributed by atoms with Crippen molar-refractivity contribution in [3.63, 3.8) is 0 Å². The summed E-state index contributed by atoms with van der Waals surface area (Å²) in [5, 5.41) is 0.705. The van der Waals surface area contributed by atoms with Crippen LogP contribution in [0.2, 0.25) is 5.02 Å². The highest BCUT2D eigenvalue weighted by atomic mass is 35.5. The van der Waals surface area contributed by atoms with Crippen molar-refractivity contribution >= 4 is 11.6 Å². The minimum absolute atomic E-state index is 0.182. The fraction of sp³-hybridized carbons (Fsp3) is 0.143. The molecule has 0 spiro atoms. The summed E-state index contributed by atoms with van der Waals surface area (Å²) in [4.78, 5) is 9.18. The van der Waals surface area contributed by atoms with Crippen LogP contribution in [0.4, 0.5) is 0 Å². The minimum Gasteiger partial charge on any atom is -0.193 e. The molecule has 0 atom stereocenters. The maximum absolute atomic E-state index is 5.71. The molecule has 0 aliphatic carbocycles. The standard InChI is InChI=1S/C7H5ClO2/c8-6-3-1-2-5(4-6)7-9-10-7/h1-4,7H. The molecule has 0 aromatic heterocycles. The van der Waals surface area contributed by atoms with Gasteiger partial charge in [-0.3, -0.25) is 0 Å². The topological polar surface area (TPSA) is 25.1 Å². The fourth-order valence-corrected chi connectivity index (χ4v) is 0.991. The molecule has 1 aromatic carbocycles. The van der Waals surface area contributed by atoms with Gasteiger partial charge < -0.3 is 0 Å². The van der Waals surface area contributed by atoms with E-state index in [0.717, 1.165) is 5.56 Å². The van der Waals surface area contributed by atoms with E-state index in [1.165, 1.54) is 0 Å². The van der Waals surface area contributed by atoms with E-state index in [-0.39, 0.29) is 6.29 Å². The van der Waals surface area contributed by atoms with Gasteiger partial charge in [0.25, 0.3) is 0 Å². The van der Waals surface area contributed by atoms with Gasteiger partial charge in [0.15, 0.2) is 0 Å². The van der Waals surface area contributed by atoms with Crippen LogP contribution >= 0.6 is 11.6 Å². The number of hydrogen-bond donors (Lipinski definition) is 0. The van der Waals surface area contributed by atoms with Gasteiger partial charge >= 0.3 is 0 Å². The molecule has 1 aliphatic rings. The van der Waals surface area contributed by atoms with Crippen LogP contribution in [0.1, 0.15) is 11.9 Å². The highest BCUT2D eigenvalue weighted by Crippen LogP contribution is 2.32. The van der Waals surface area contributed by atoms with Crippen molar-refractivity contribution in [1.29, 1.82) is 0 Å². The van der Waals surface area contributed by atoms with Crippen LogP contribution in [-0.2, 0) is 9.78 Å². The van der Waals surface area contributed by atoms with Gasteiger partial charge in [0.05, 0.1) is 0 Å². The summed E-state index contributed by atoms with van der Waals surface area (Å²) >= 11 is 5.71. The molecular weight excluding hydrogens is 152 g/mol. The zero-order valence-corrected chi connectivity index (χ0v) is 5.84. The van der Waals surface area contributed by atoms with E-state index < -0.39 is 0 Å². The maximum atomic E-state index is 5.71. The third-order valence-corrected chi connectivity index (χ3v) is 1.55. The van der Waals surface area contributed by atoms with E-state index in [4.69, 9.17) is 11.6 Å². The lowest BCUT2D eigenvalue weighted by Crippen LogP contribution is -1.77. The van der Waals surface area contributed by atoms with Crippen LogP contribution in [0.25, 0.3) is 0 Å². The second-order valence-corrected chi connectivity index (χ2v) is 2.52.